The van der Waals surface area contributed by atoms with Crippen LogP contribution in [-0.4, -0.2) is 15.0 Å². The van der Waals surface area contributed by atoms with Gasteiger partial charge in [0.05, 0.1) is 5.02 Å². The van der Waals surface area contributed by atoms with Gasteiger partial charge in [-0.15, -0.1) is 0 Å². The molecule has 17 heavy (non-hydrogen) atoms. The van der Waals surface area contributed by atoms with Crippen molar-refractivity contribution in [3.8, 4) is 11.8 Å². The Morgan fingerprint density at radius 3 is 2.65 bits per heavy atom. The van der Waals surface area contributed by atoms with E-state index in [4.69, 9.17) is 33.7 Å². The van der Waals surface area contributed by atoms with Crippen LogP contribution in [0.15, 0.2) is 18.2 Å². The van der Waals surface area contributed by atoms with E-state index in [2.05, 4.69) is 15.0 Å². The normalized spacial score (nSPS) is 10.3. The minimum absolute atomic E-state index is 0.00926. The topological polar surface area (TPSA) is 73.9 Å². The van der Waals surface area contributed by atoms with E-state index in [1.165, 1.54) is 0 Å². The molecule has 0 saturated heterocycles. The van der Waals surface area contributed by atoms with Crippen molar-refractivity contribution in [1.82, 2.24) is 15.0 Å². The number of aromatic nitrogens is 3. The highest BCUT2D eigenvalue weighted by molar-refractivity contribution is 6.32. The maximum atomic E-state index is 5.97. The van der Waals surface area contributed by atoms with Gasteiger partial charge in [0.25, 0.3) is 0 Å². The molecule has 2 aromatic rings. The Bertz CT molecular complexity index is 542. The Hall–Kier alpha value is -1.59. The second-order valence-corrected chi connectivity index (χ2v) is 4.03. The summed E-state index contributed by atoms with van der Waals surface area (Å²) in [6.07, 6.45) is 0. The summed E-state index contributed by atoms with van der Waals surface area (Å²) >= 11 is 11.6. The van der Waals surface area contributed by atoms with Gasteiger partial charge in [-0.3, -0.25) is 0 Å². The molecule has 2 rings (SSSR count). The predicted molar refractivity (Wildman–Crippen MR) is 65.5 cm³/mol. The second-order valence-electron chi connectivity index (χ2n) is 3.28. The molecular weight excluding hydrogens is 263 g/mol. The van der Waals surface area contributed by atoms with Gasteiger partial charge in [-0.2, -0.15) is 15.0 Å². The van der Waals surface area contributed by atoms with E-state index in [0.29, 0.717) is 10.8 Å². The van der Waals surface area contributed by atoms with Crippen LogP contribution in [-0.2, 0) is 0 Å². The number of nitrogen functional groups attached to an aromatic ring is 1. The van der Waals surface area contributed by atoms with Crippen LogP contribution in [0.25, 0.3) is 0 Å². The van der Waals surface area contributed by atoms with Crippen LogP contribution in [0.5, 0.6) is 11.8 Å². The quantitative estimate of drug-likeness (QED) is 0.909. The zero-order chi connectivity index (χ0) is 12.4. The average Bonchev–Trinajstić information content (AvgIpc) is 2.22. The van der Waals surface area contributed by atoms with E-state index in [1.54, 1.807) is 12.1 Å². The summed E-state index contributed by atoms with van der Waals surface area (Å²) in [7, 11) is 0. The maximum Gasteiger partial charge on any atom is 0.328 e. The van der Waals surface area contributed by atoms with Crippen LogP contribution in [0.1, 0.15) is 5.56 Å². The van der Waals surface area contributed by atoms with Gasteiger partial charge in [0.1, 0.15) is 5.75 Å². The maximum absolute atomic E-state index is 5.97. The zero-order valence-corrected chi connectivity index (χ0v) is 10.3. The molecule has 1 heterocycles. The molecule has 0 fully saturated rings. The van der Waals surface area contributed by atoms with Crippen molar-refractivity contribution in [3.05, 3.63) is 34.1 Å². The number of nitrogens with zero attached hydrogens (tertiary/aromatic N) is 3. The molecule has 0 aliphatic carbocycles. The fraction of sp³-hybridized carbons (Fsp3) is 0.100. The molecule has 1 aromatic heterocycles. The van der Waals surface area contributed by atoms with Gasteiger partial charge >= 0.3 is 6.01 Å². The number of halogens is 2. The number of benzene rings is 1. The lowest BCUT2D eigenvalue weighted by molar-refractivity contribution is 0.440. The molecule has 1 aromatic carbocycles. The van der Waals surface area contributed by atoms with Crippen molar-refractivity contribution >= 4 is 29.2 Å². The fourth-order valence-corrected chi connectivity index (χ4v) is 1.49. The summed E-state index contributed by atoms with van der Waals surface area (Å²) in [6.45, 7) is 1.91. The number of hydrogen-bond donors (Lipinski definition) is 1. The molecule has 7 heteroatoms. The first-order valence-corrected chi connectivity index (χ1v) is 5.41. The third-order valence-corrected chi connectivity index (χ3v) is 2.37. The van der Waals surface area contributed by atoms with E-state index in [9.17, 15) is 0 Å². The predicted octanol–water partition coefficient (Wildman–Crippen LogP) is 2.86. The van der Waals surface area contributed by atoms with Crippen molar-refractivity contribution in [2.45, 2.75) is 6.92 Å². The van der Waals surface area contributed by atoms with E-state index >= 15 is 0 Å². The summed E-state index contributed by atoms with van der Waals surface area (Å²) in [5.74, 6) is 0.428. The molecule has 5 nitrogen and oxygen atoms in total. The summed E-state index contributed by atoms with van der Waals surface area (Å²) in [5, 5.41) is 0.419. The Morgan fingerprint density at radius 2 is 1.94 bits per heavy atom. The van der Waals surface area contributed by atoms with Crippen LogP contribution in [0, 0.1) is 6.92 Å². The average molecular weight is 271 g/mol. The monoisotopic (exact) mass is 270 g/mol. The first-order valence-electron chi connectivity index (χ1n) is 4.65. The second kappa shape index (κ2) is 4.73. The highest BCUT2D eigenvalue weighted by Gasteiger charge is 2.08. The number of anilines is 1. The molecule has 2 N–H and O–H groups in total. The lowest BCUT2D eigenvalue weighted by Crippen LogP contribution is -2.00. The largest absolute Gasteiger partial charge is 0.423 e. The lowest BCUT2D eigenvalue weighted by Gasteiger charge is -2.06. The highest BCUT2D eigenvalue weighted by atomic mass is 35.5. The van der Waals surface area contributed by atoms with Crippen molar-refractivity contribution in [2.75, 3.05) is 5.73 Å². The van der Waals surface area contributed by atoms with E-state index in [-0.39, 0.29) is 17.2 Å². The van der Waals surface area contributed by atoms with Crippen LogP contribution >= 0.6 is 23.2 Å². The highest BCUT2D eigenvalue weighted by Crippen LogP contribution is 2.28. The van der Waals surface area contributed by atoms with Gasteiger partial charge < -0.3 is 10.5 Å². The fourth-order valence-electron chi connectivity index (χ4n) is 1.18. The van der Waals surface area contributed by atoms with Gasteiger partial charge in [0.15, 0.2) is 0 Å². The third-order valence-electron chi connectivity index (χ3n) is 1.89. The molecule has 0 atom stereocenters. The zero-order valence-electron chi connectivity index (χ0n) is 8.82. The Kier molecular flexibility index (Phi) is 3.31. The molecule has 0 unspecified atom stereocenters. The number of rotatable bonds is 2. The van der Waals surface area contributed by atoms with Crippen LogP contribution in [0.3, 0.4) is 0 Å². The number of hydrogen-bond acceptors (Lipinski definition) is 5. The van der Waals surface area contributed by atoms with E-state index < -0.39 is 0 Å². The van der Waals surface area contributed by atoms with Gasteiger partial charge in [0.2, 0.25) is 11.2 Å². The number of aryl methyl sites for hydroxylation is 1. The molecule has 0 spiro atoms. The summed E-state index contributed by atoms with van der Waals surface area (Å²) < 4.78 is 5.39. The number of nitrogens with two attached hydrogens (primary N) is 1. The molecule has 0 saturated carbocycles. The first-order chi connectivity index (χ1) is 8.04. The van der Waals surface area contributed by atoms with E-state index in [1.807, 2.05) is 13.0 Å². The smallest absolute Gasteiger partial charge is 0.328 e. The SMILES string of the molecule is Cc1ccc(Cl)c(Oc2nc(N)nc(Cl)n2)c1. The van der Waals surface area contributed by atoms with Crippen molar-refractivity contribution in [1.29, 1.82) is 0 Å². The molecule has 0 aliphatic rings. The molecule has 88 valence electrons. The van der Waals surface area contributed by atoms with Gasteiger partial charge in [-0.25, -0.2) is 0 Å². The van der Waals surface area contributed by atoms with Crippen molar-refractivity contribution in [2.24, 2.45) is 0 Å². The van der Waals surface area contributed by atoms with Gasteiger partial charge in [0, 0.05) is 0 Å². The lowest BCUT2D eigenvalue weighted by atomic mass is 10.2. The minimum atomic E-state index is -0.0312. The van der Waals surface area contributed by atoms with Crippen molar-refractivity contribution < 1.29 is 4.74 Å². The van der Waals surface area contributed by atoms with E-state index in [0.717, 1.165) is 5.56 Å². The standard InChI is InChI=1S/C10H8Cl2N4O/c1-5-2-3-6(11)7(4-5)17-10-15-8(12)14-9(13)16-10/h2-4H,1H3,(H2,13,14,15,16). The molecule has 0 radical (unpaired) electrons. The van der Waals surface area contributed by atoms with Crippen LogP contribution in [0.2, 0.25) is 10.3 Å². The molecule has 0 bridgehead atoms. The molecule has 0 aliphatic heterocycles. The van der Waals surface area contributed by atoms with Gasteiger partial charge in [-0.05, 0) is 36.2 Å². The summed E-state index contributed by atoms with van der Waals surface area (Å²) in [5.41, 5.74) is 6.42. The molecule has 0 amide bonds. The first kappa shape index (κ1) is 11.9. The third kappa shape index (κ3) is 2.95. The van der Waals surface area contributed by atoms with Crippen LogP contribution in [0.4, 0.5) is 5.95 Å². The Morgan fingerprint density at radius 1 is 1.18 bits per heavy atom. The van der Waals surface area contributed by atoms with Crippen LogP contribution < -0.4 is 10.5 Å². The number of ether oxygens (including phenoxy) is 1. The Balaban J connectivity index is 2.34. The van der Waals surface area contributed by atoms with Gasteiger partial charge in [-0.1, -0.05) is 17.7 Å². The molecular formula is C10H8Cl2N4O. The van der Waals surface area contributed by atoms with Crippen molar-refractivity contribution in [3.63, 3.8) is 0 Å². The summed E-state index contributed by atoms with van der Waals surface area (Å²) in [6, 6.07) is 5.36. The summed E-state index contributed by atoms with van der Waals surface area (Å²) in [4.78, 5) is 11.2. The minimum Gasteiger partial charge on any atom is -0.423 e. The Labute approximate surface area is 108 Å².